The predicted molar refractivity (Wildman–Crippen MR) is 108 cm³/mol. The number of aryl methyl sites for hydroxylation is 1. The Balaban J connectivity index is 1.67. The van der Waals surface area contributed by atoms with E-state index in [0.29, 0.717) is 18.1 Å². The molecule has 0 radical (unpaired) electrons. The lowest BCUT2D eigenvalue weighted by Crippen LogP contribution is -2.42. The van der Waals surface area contributed by atoms with E-state index in [-0.39, 0.29) is 29.4 Å². The second kappa shape index (κ2) is 10.7. The van der Waals surface area contributed by atoms with Crippen molar-refractivity contribution in [3.05, 3.63) is 47.7 Å². The van der Waals surface area contributed by atoms with Gasteiger partial charge in [-0.2, -0.15) is 0 Å². The zero-order valence-corrected chi connectivity index (χ0v) is 16.7. The monoisotopic (exact) mass is 390 g/mol. The summed E-state index contributed by atoms with van der Waals surface area (Å²) in [5.74, 6) is 1.14. The van der Waals surface area contributed by atoms with Gasteiger partial charge < -0.3 is 20.1 Å². The zero-order chi connectivity index (χ0) is 19.6. The molecule has 146 valence electrons. The van der Waals surface area contributed by atoms with Crippen LogP contribution in [0.4, 0.5) is 5.82 Å². The molecule has 2 N–H and O–H groups in total. The molecule has 1 aromatic carbocycles. The summed E-state index contributed by atoms with van der Waals surface area (Å²) in [6.45, 7) is 2.31. The molecule has 0 fully saturated rings. The van der Waals surface area contributed by atoms with Gasteiger partial charge in [-0.1, -0.05) is 35.5 Å². The van der Waals surface area contributed by atoms with Crippen LogP contribution in [-0.2, 0) is 16.0 Å². The van der Waals surface area contributed by atoms with Crippen molar-refractivity contribution in [2.75, 3.05) is 37.5 Å². The third-order valence-electron chi connectivity index (χ3n) is 3.94. The molecule has 2 rings (SSSR count). The summed E-state index contributed by atoms with van der Waals surface area (Å²) in [6.07, 6.45) is 0.862. The Kier molecular flexibility index (Phi) is 8.35. The fraction of sp³-hybridized carbons (Fsp3) is 0.421. The topological polar surface area (TPSA) is 87.5 Å². The van der Waals surface area contributed by atoms with E-state index in [1.165, 1.54) is 17.3 Å². The maximum absolute atomic E-state index is 12.1. The van der Waals surface area contributed by atoms with E-state index in [1.807, 2.05) is 32.3 Å². The maximum Gasteiger partial charge on any atom is 0.235 e. The second-order valence-corrected chi connectivity index (χ2v) is 7.46. The standard InChI is InChI=1S/C19H26N4O3S/c1-14-9-17(22-26-14)21-19(25)13-27-12-18(24)20-11-16(23(2)3)10-15-7-5-4-6-8-15/h4-9,16H,10-13H2,1-3H3,(H,20,24)(H,21,22,25). The van der Waals surface area contributed by atoms with Crippen LogP contribution in [0.25, 0.3) is 0 Å². The minimum absolute atomic E-state index is 0.0787. The largest absolute Gasteiger partial charge is 0.360 e. The van der Waals surface area contributed by atoms with Gasteiger partial charge >= 0.3 is 0 Å². The number of carbonyl (C=O) groups is 2. The van der Waals surface area contributed by atoms with Crippen LogP contribution in [0.1, 0.15) is 11.3 Å². The van der Waals surface area contributed by atoms with E-state index in [9.17, 15) is 9.59 Å². The molecule has 7 nitrogen and oxygen atoms in total. The van der Waals surface area contributed by atoms with Gasteiger partial charge in [0.05, 0.1) is 11.5 Å². The van der Waals surface area contributed by atoms with Crippen LogP contribution < -0.4 is 10.6 Å². The number of nitrogens with one attached hydrogen (secondary N) is 2. The van der Waals surface area contributed by atoms with Gasteiger partial charge in [-0.25, -0.2) is 0 Å². The normalized spacial score (nSPS) is 12.0. The van der Waals surface area contributed by atoms with Crippen molar-refractivity contribution >= 4 is 29.4 Å². The molecule has 1 aromatic heterocycles. The highest BCUT2D eigenvalue weighted by atomic mass is 32.2. The van der Waals surface area contributed by atoms with Gasteiger partial charge in [0, 0.05) is 18.7 Å². The smallest absolute Gasteiger partial charge is 0.235 e. The Labute approximate surface area is 163 Å². The minimum atomic E-state index is -0.212. The van der Waals surface area contributed by atoms with E-state index < -0.39 is 0 Å². The average Bonchev–Trinajstić information content (AvgIpc) is 3.03. The Bertz CT molecular complexity index is 734. The average molecular weight is 391 g/mol. The molecule has 0 aliphatic rings. The molecule has 0 saturated heterocycles. The summed E-state index contributed by atoms with van der Waals surface area (Å²) >= 11 is 1.26. The van der Waals surface area contributed by atoms with Gasteiger partial charge in [0.2, 0.25) is 11.8 Å². The minimum Gasteiger partial charge on any atom is -0.360 e. The molecular weight excluding hydrogens is 364 g/mol. The number of thioether (sulfide) groups is 1. The molecule has 0 spiro atoms. The number of benzene rings is 1. The number of nitrogens with zero attached hydrogens (tertiary/aromatic N) is 2. The molecular formula is C19H26N4O3S. The van der Waals surface area contributed by atoms with Crippen molar-refractivity contribution in [3.8, 4) is 0 Å². The van der Waals surface area contributed by atoms with Gasteiger partial charge in [-0.3, -0.25) is 9.59 Å². The van der Waals surface area contributed by atoms with E-state index >= 15 is 0 Å². The van der Waals surface area contributed by atoms with E-state index in [1.54, 1.807) is 13.0 Å². The summed E-state index contributed by atoms with van der Waals surface area (Å²) in [7, 11) is 4.01. The van der Waals surface area contributed by atoms with Gasteiger partial charge in [0.15, 0.2) is 5.82 Å². The number of aromatic nitrogens is 1. The summed E-state index contributed by atoms with van der Waals surface area (Å²) < 4.78 is 4.88. The summed E-state index contributed by atoms with van der Waals surface area (Å²) in [5.41, 5.74) is 1.24. The van der Waals surface area contributed by atoms with Crippen LogP contribution >= 0.6 is 11.8 Å². The molecule has 0 bridgehead atoms. The molecule has 0 aliphatic heterocycles. The van der Waals surface area contributed by atoms with Crippen molar-refractivity contribution in [1.29, 1.82) is 0 Å². The van der Waals surface area contributed by atoms with E-state index in [2.05, 4.69) is 32.8 Å². The van der Waals surface area contributed by atoms with Crippen molar-refractivity contribution in [2.24, 2.45) is 0 Å². The SMILES string of the molecule is Cc1cc(NC(=O)CSCC(=O)NCC(Cc2ccccc2)N(C)C)no1. The maximum atomic E-state index is 12.1. The summed E-state index contributed by atoms with van der Waals surface area (Å²) in [6, 6.07) is 12.0. The number of likely N-dealkylation sites (N-methyl/N-ethyl adjacent to an activating group) is 1. The number of amides is 2. The van der Waals surface area contributed by atoms with Gasteiger partial charge in [-0.15, -0.1) is 11.8 Å². The molecule has 0 aliphatic carbocycles. The molecule has 1 heterocycles. The first-order chi connectivity index (χ1) is 12.9. The highest BCUT2D eigenvalue weighted by Crippen LogP contribution is 2.09. The predicted octanol–water partition coefficient (Wildman–Crippen LogP) is 1.94. The van der Waals surface area contributed by atoms with Crippen molar-refractivity contribution < 1.29 is 14.1 Å². The first-order valence-corrected chi connectivity index (χ1v) is 9.87. The molecule has 0 saturated carbocycles. The number of hydrogen-bond acceptors (Lipinski definition) is 6. The molecule has 2 aromatic rings. The molecule has 1 unspecified atom stereocenters. The lowest BCUT2D eigenvalue weighted by atomic mass is 10.1. The van der Waals surface area contributed by atoms with Gasteiger partial charge in [-0.05, 0) is 33.0 Å². The Morgan fingerprint density at radius 3 is 2.52 bits per heavy atom. The molecule has 2 amide bonds. The number of rotatable bonds is 10. The van der Waals surface area contributed by atoms with Crippen molar-refractivity contribution in [3.63, 3.8) is 0 Å². The van der Waals surface area contributed by atoms with Gasteiger partial charge in [0.1, 0.15) is 5.76 Å². The zero-order valence-electron chi connectivity index (χ0n) is 15.9. The van der Waals surface area contributed by atoms with Crippen LogP contribution in [0.5, 0.6) is 0 Å². The van der Waals surface area contributed by atoms with E-state index in [0.717, 1.165) is 6.42 Å². The quantitative estimate of drug-likeness (QED) is 0.645. The lowest BCUT2D eigenvalue weighted by Gasteiger charge is -2.24. The van der Waals surface area contributed by atoms with Crippen LogP contribution in [-0.4, -0.2) is 60.1 Å². The highest BCUT2D eigenvalue weighted by molar-refractivity contribution is 8.00. The third-order valence-corrected chi connectivity index (χ3v) is 4.87. The molecule has 27 heavy (non-hydrogen) atoms. The number of hydrogen-bond donors (Lipinski definition) is 2. The molecule has 1 atom stereocenters. The second-order valence-electron chi connectivity index (χ2n) is 6.48. The lowest BCUT2D eigenvalue weighted by molar-refractivity contribution is -0.118. The number of carbonyl (C=O) groups excluding carboxylic acids is 2. The Morgan fingerprint density at radius 1 is 1.19 bits per heavy atom. The fourth-order valence-corrected chi connectivity index (χ4v) is 3.09. The van der Waals surface area contributed by atoms with Gasteiger partial charge in [0.25, 0.3) is 0 Å². The highest BCUT2D eigenvalue weighted by Gasteiger charge is 2.14. The Hall–Kier alpha value is -2.32. The first kappa shape index (κ1) is 21.0. The van der Waals surface area contributed by atoms with E-state index in [4.69, 9.17) is 4.52 Å². The summed E-state index contributed by atoms with van der Waals surface area (Å²) in [5, 5.41) is 9.28. The van der Waals surface area contributed by atoms with Crippen molar-refractivity contribution in [1.82, 2.24) is 15.4 Å². The van der Waals surface area contributed by atoms with Crippen LogP contribution in [0, 0.1) is 6.92 Å². The van der Waals surface area contributed by atoms with Crippen LogP contribution in [0.3, 0.4) is 0 Å². The molecule has 8 heteroatoms. The Morgan fingerprint density at radius 2 is 1.89 bits per heavy atom. The summed E-state index contributed by atoms with van der Waals surface area (Å²) in [4.78, 5) is 26.0. The first-order valence-electron chi connectivity index (χ1n) is 8.72. The third kappa shape index (κ3) is 7.84. The number of anilines is 1. The van der Waals surface area contributed by atoms with Crippen molar-refractivity contribution in [2.45, 2.75) is 19.4 Å². The van der Waals surface area contributed by atoms with Crippen LogP contribution in [0.2, 0.25) is 0 Å². The fourth-order valence-electron chi connectivity index (χ4n) is 2.45. The van der Waals surface area contributed by atoms with Crippen LogP contribution in [0.15, 0.2) is 40.9 Å².